The van der Waals surface area contributed by atoms with Gasteiger partial charge in [0.15, 0.2) is 5.43 Å². The molecule has 2 heterocycles. The van der Waals surface area contributed by atoms with E-state index in [1.165, 1.54) is 11.3 Å². The first-order chi connectivity index (χ1) is 12.1. The van der Waals surface area contributed by atoms with E-state index in [1.807, 2.05) is 30.3 Å². The Bertz CT molecular complexity index is 1090. The van der Waals surface area contributed by atoms with Crippen molar-refractivity contribution in [1.29, 1.82) is 0 Å². The summed E-state index contributed by atoms with van der Waals surface area (Å²) in [4.78, 5) is 25.3. The third-order valence-corrected chi connectivity index (χ3v) is 4.07. The molecule has 0 saturated heterocycles. The van der Waals surface area contributed by atoms with Gasteiger partial charge in [-0.1, -0.05) is 30.3 Å². The molecule has 5 heteroatoms. The van der Waals surface area contributed by atoms with Crippen molar-refractivity contribution in [3.8, 4) is 0 Å². The van der Waals surface area contributed by atoms with Gasteiger partial charge in [-0.05, 0) is 37.3 Å². The lowest BCUT2D eigenvalue weighted by atomic mass is 10.1. The maximum atomic E-state index is 12.7. The van der Waals surface area contributed by atoms with Crippen LogP contribution in [-0.4, -0.2) is 11.6 Å². The molecule has 0 fully saturated rings. The Hall–Kier alpha value is -3.47. The number of hydrogen-bond acceptors (Lipinski definition) is 4. The number of carbonyl (C=O) groups excluding carboxylic acids is 1. The summed E-state index contributed by atoms with van der Waals surface area (Å²) in [5.41, 5.74) is 2.29. The first-order valence-electron chi connectivity index (χ1n) is 7.82. The smallest absolute Gasteiger partial charge is 0.280 e. The van der Waals surface area contributed by atoms with Crippen LogP contribution < -0.4 is 10.4 Å². The Morgan fingerprint density at radius 1 is 1.00 bits per heavy atom. The molecular formula is C20H14N2O3. The summed E-state index contributed by atoms with van der Waals surface area (Å²) in [5.74, 6) is -0.267. The van der Waals surface area contributed by atoms with Crippen LogP contribution in [0.15, 0.2) is 80.7 Å². The van der Waals surface area contributed by atoms with Crippen molar-refractivity contribution in [2.75, 3.05) is 5.01 Å². The average Bonchev–Trinajstić information content (AvgIpc) is 2.93. The molecule has 0 unspecified atom stereocenters. The molecule has 0 spiro atoms. The Morgan fingerprint density at radius 3 is 2.52 bits per heavy atom. The number of nitrogens with zero attached hydrogens (tertiary/aromatic N) is 2. The summed E-state index contributed by atoms with van der Waals surface area (Å²) in [7, 11) is 0. The predicted octanol–water partition coefficient (Wildman–Crippen LogP) is 3.60. The van der Waals surface area contributed by atoms with Crippen LogP contribution in [0.2, 0.25) is 0 Å². The molecule has 3 aromatic rings. The molecule has 0 N–H and O–H groups in total. The predicted molar refractivity (Wildman–Crippen MR) is 97.5 cm³/mol. The van der Waals surface area contributed by atoms with Crippen molar-refractivity contribution < 1.29 is 9.21 Å². The number of amides is 1. The number of benzene rings is 2. The topological polar surface area (TPSA) is 62.9 Å². The van der Waals surface area contributed by atoms with Crippen molar-refractivity contribution in [3.63, 3.8) is 0 Å². The van der Waals surface area contributed by atoms with Gasteiger partial charge in [-0.3, -0.25) is 9.59 Å². The van der Waals surface area contributed by atoms with Crippen LogP contribution in [0.1, 0.15) is 12.5 Å². The van der Waals surface area contributed by atoms with Crippen LogP contribution >= 0.6 is 0 Å². The van der Waals surface area contributed by atoms with Crippen molar-refractivity contribution in [2.45, 2.75) is 6.92 Å². The van der Waals surface area contributed by atoms with Crippen molar-refractivity contribution in [3.05, 3.63) is 82.2 Å². The lowest BCUT2D eigenvalue weighted by Gasteiger charge is -2.10. The maximum Gasteiger partial charge on any atom is 0.280 e. The number of fused-ring (bicyclic) bond motifs is 1. The Labute approximate surface area is 143 Å². The first-order valence-corrected chi connectivity index (χ1v) is 7.82. The highest BCUT2D eigenvalue weighted by atomic mass is 16.3. The fourth-order valence-corrected chi connectivity index (χ4v) is 2.78. The second kappa shape index (κ2) is 5.87. The number of carbonyl (C=O) groups is 1. The Balaban J connectivity index is 1.78. The zero-order chi connectivity index (χ0) is 17.4. The Kier molecular flexibility index (Phi) is 3.54. The van der Waals surface area contributed by atoms with Crippen LogP contribution in [0.5, 0.6) is 0 Å². The van der Waals surface area contributed by atoms with E-state index in [-0.39, 0.29) is 11.3 Å². The number of hydrogen-bond donors (Lipinski definition) is 0. The van der Waals surface area contributed by atoms with Crippen LogP contribution in [0.25, 0.3) is 17.0 Å². The van der Waals surface area contributed by atoms with E-state index in [2.05, 4.69) is 5.10 Å². The molecule has 25 heavy (non-hydrogen) atoms. The minimum Gasteiger partial charge on any atom is -0.463 e. The second-order valence-corrected chi connectivity index (χ2v) is 5.71. The van der Waals surface area contributed by atoms with E-state index >= 15 is 0 Å². The minimum absolute atomic E-state index is 0.173. The first kappa shape index (κ1) is 15.1. The van der Waals surface area contributed by atoms with Crippen LogP contribution in [0.3, 0.4) is 0 Å². The molecule has 0 aliphatic carbocycles. The standard InChI is InChI=1S/C20H14N2O3/c1-13-17(20(24)22(21-13)15-7-3-2-4-8-15)11-14-12-25-18-10-6-5-9-16(18)19(14)23/h2-12H,1H3/b17-11+. The SMILES string of the molecule is CC1=NN(c2ccccc2)C(=O)/C1=C/c1coc2ccccc2c1=O. The molecule has 0 atom stereocenters. The summed E-state index contributed by atoms with van der Waals surface area (Å²) < 4.78 is 5.51. The zero-order valence-corrected chi connectivity index (χ0v) is 13.5. The summed E-state index contributed by atoms with van der Waals surface area (Å²) in [6, 6.07) is 16.2. The van der Waals surface area contributed by atoms with Crippen LogP contribution in [0, 0.1) is 0 Å². The second-order valence-electron chi connectivity index (χ2n) is 5.71. The van der Waals surface area contributed by atoms with Crippen molar-refractivity contribution >= 4 is 34.4 Å². The fourth-order valence-electron chi connectivity index (χ4n) is 2.78. The zero-order valence-electron chi connectivity index (χ0n) is 13.5. The highest BCUT2D eigenvalue weighted by molar-refractivity contribution is 6.32. The van der Waals surface area contributed by atoms with Crippen molar-refractivity contribution in [2.24, 2.45) is 5.10 Å². The number of anilines is 1. The average molecular weight is 330 g/mol. The number of hydrazone groups is 1. The van der Waals surface area contributed by atoms with Gasteiger partial charge >= 0.3 is 0 Å². The van der Waals surface area contributed by atoms with Gasteiger partial charge in [-0.2, -0.15) is 10.1 Å². The van der Waals surface area contributed by atoms with E-state index in [9.17, 15) is 9.59 Å². The van der Waals surface area contributed by atoms with Crippen LogP contribution in [-0.2, 0) is 4.79 Å². The molecule has 2 aromatic carbocycles. The minimum atomic E-state index is -0.267. The van der Waals surface area contributed by atoms with Gasteiger partial charge in [-0.25, -0.2) is 0 Å². The van der Waals surface area contributed by atoms with E-state index < -0.39 is 0 Å². The van der Waals surface area contributed by atoms with E-state index in [0.717, 1.165) is 0 Å². The van der Waals surface area contributed by atoms with E-state index in [4.69, 9.17) is 4.42 Å². The lowest BCUT2D eigenvalue weighted by Crippen LogP contribution is -2.21. The summed E-state index contributed by atoms with van der Waals surface area (Å²) in [5, 5.41) is 6.13. The highest BCUT2D eigenvalue weighted by Gasteiger charge is 2.28. The fraction of sp³-hybridized carbons (Fsp3) is 0.0500. The van der Waals surface area contributed by atoms with Gasteiger partial charge in [-0.15, -0.1) is 0 Å². The van der Waals surface area contributed by atoms with E-state index in [1.54, 1.807) is 37.3 Å². The van der Waals surface area contributed by atoms with E-state index in [0.29, 0.717) is 33.5 Å². The summed E-state index contributed by atoms with van der Waals surface area (Å²) >= 11 is 0. The molecule has 4 rings (SSSR count). The van der Waals surface area contributed by atoms with Gasteiger partial charge in [0.25, 0.3) is 5.91 Å². The lowest BCUT2D eigenvalue weighted by molar-refractivity contribution is -0.114. The molecule has 0 bridgehead atoms. The van der Waals surface area contributed by atoms with Gasteiger partial charge in [0.05, 0.1) is 27.9 Å². The molecule has 1 aromatic heterocycles. The highest BCUT2D eigenvalue weighted by Crippen LogP contribution is 2.24. The molecule has 0 saturated carbocycles. The maximum absolute atomic E-state index is 12.7. The third-order valence-electron chi connectivity index (χ3n) is 4.07. The number of para-hydroxylation sites is 2. The van der Waals surface area contributed by atoms with Gasteiger partial charge in [0, 0.05) is 0 Å². The summed E-state index contributed by atoms with van der Waals surface area (Å²) in [6.45, 7) is 1.75. The van der Waals surface area contributed by atoms with Crippen molar-refractivity contribution in [1.82, 2.24) is 0 Å². The Morgan fingerprint density at radius 2 is 1.72 bits per heavy atom. The number of rotatable bonds is 2. The molecule has 122 valence electrons. The summed E-state index contributed by atoms with van der Waals surface area (Å²) in [6.07, 6.45) is 2.92. The van der Waals surface area contributed by atoms with Gasteiger partial charge in [0.1, 0.15) is 11.8 Å². The largest absolute Gasteiger partial charge is 0.463 e. The molecular weight excluding hydrogens is 316 g/mol. The molecule has 5 nitrogen and oxygen atoms in total. The van der Waals surface area contributed by atoms with Gasteiger partial charge < -0.3 is 4.42 Å². The molecule has 0 radical (unpaired) electrons. The molecule has 1 aliphatic rings. The third kappa shape index (κ3) is 2.55. The van der Waals surface area contributed by atoms with Crippen LogP contribution in [0.4, 0.5) is 5.69 Å². The monoisotopic (exact) mass is 330 g/mol. The molecule has 1 aliphatic heterocycles. The normalized spacial score (nSPS) is 15.9. The quantitative estimate of drug-likeness (QED) is 0.675. The van der Waals surface area contributed by atoms with Gasteiger partial charge in [0.2, 0.25) is 0 Å². The molecule has 1 amide bonds.